The van der Waals surface area contributed by atoms with Gasteiger partial charge in [0.2, 0.25) is 0 Å². The summed E-state index contributed by atoms with van der Waals surface area (Å²) in [7, 11) is 0. The van der Waals surface area contributed by atoms with Gasteiger partial charge in [-0.15, -0.1) is 0 Å². The van der Waals surface area contributed by atoms with Crippen LogP contribution in [0.1, 0.15) is 46.5 Å². The summed E-state index contributed by atoms with van der Waals surface area (Å²) in [5.74, 6) is 2.07. The third-order valence-corrected chi connectivity index (χ3v) is 4.15. The topological polar surface area (TPSA) is 12.0 Å². The van der Waals surface area contributed by atoms with Crippen molar-refractivity contribution in [2.75, 3.05) is 6.54 Å². The highest BCUT2D eigenvalue weighted by atomic mass is 15.0. The maximum absolute atomic E-state index is 3.55. The van der Waals surface area contributed by atoms with Crippen molar-refractivity contribution in [3.05, 3.63) is 0 Å². The highest BCUT2D eigenvalue weighted by Crippen LogP contribution is 2.60. The monoisotopic (exact) mass is 181 g/mol. The van der Waals surface area contributed by atoms with Crippen LogP contribution in [-0.2, 0) is 0 Å². The van der Waals surface area contributed by atoms with Crippen LogP contribution in [0.4, 0.5) is 0 Å². The van der Waals surface area contributed by atoms with E-state index in [-0.39, 0.29) is 0 Å². The molecule has 1 heteroatoms. The summed E-state index contributed by atoms with van der Waals surface area (Å²) in [6.07, 6.45) is 5.83. The van der Waals surface area contributed by atoms with Crippen molar-refractivity contribution in [1.29, 1.82) is 0 Å². The van der Waals surface area contributed by atoms with Gasteiger partial charge in [-0.25, -0.2) is 0 Å². The highest BCUT2D eigenvalue weighted by Gasteiger charge is 2.52. The van der Waals surface area contributed by atoms with Crippen LogP contribution in [0, 0.1) is 17.3 Å². The molecule has 76 valence electrons. The molecule has 0 aromatic heterocycles. The fraction of sp³-hybridized carbons (Fsp3) is 1.00. The third kappa shape index (κ3) is 1.90. The van der Waals surface area contributed by atoms with E-state index in [4.69, 9.17) is 0 Å². The zero-order chi connectivity index (χ0) is 9.47. The molecule has 2 rings (SSSR count). The summed E-state index contributed by atoms with van der Waals surface area (Å²) < 4.78 is 0. The molecule has 13 heavy (non-hydrogen) atoms. The molecular weight excluding hydrogens is 158 g/mol. The molecule has 2 saturated carbocycles. The van der Waals surface area contributed by atoms with E-state index in [0.29, 0.717) is 0 Å². The predicted octanol–water partition coefficient (Wildman–Crippen LogP) is 2.81. The molecular formula is C12H23N. The number of hydrogen-bond donors (Lipinski definition) is 1. The van der Waals surface area contributed by atoms with Gasteiger partial charge in [0.15, 0.2) is 0 Å². The minimum atomic E-state index is 0.740. The molecule has 0 aliphatic heterocycles. The van der Waals surface area contributed by atoms with Crippen LogP contribution in [0.3, 0.4) is 0 Å². The minimum Gasteiger partial charge on any atom is -0.314 e. The van der Waals surface area contributed by atoms with Gasteiger partial charge in [0.1, 0.15) is 0 Å². The lowest BCUT2D eigenvalue weighted by Crippen LogP contribution is -2.18. The van der Waals surface area contributed by atoms with E-state index in [1.807, 2.05) is 0 Å². The maximum atomic E-state index is 3.55. The molecule has 0 aromatic carbocycles. The average Bonchev–Trinajstić information content (AvgIpc) is 2.94. The van der Waals surface area contributed by atoms with Gasteiger partial charge in [0.25, 0.3) is 0 Å². The fourth-order valence-electron chi connectivity index (χ4n) is 2.98. The Kier molecular flexibility index (Phi) is 2.39. The van der Waals surface area contributed by atoms with E-state index in [1.54, 1.807) is 0 Å². The molecule has 0 bridgehead atoms. The van der Waals surface area contributed by atoms with Crippen molar-refractivity contribution in [2.45, 2.75) is 52.5 Å². The van der Waals surface area contributed by atoms with E-state index in [2.05, 4.69) is 26.1 Å². The van der Waals surface area contributed by atoms with Gasteiger partial charge in [-0.3, -0.25) is 0 Å². The van der Waals surface area contributed by atoms with Crippen molar-refractivity contribution < 1.29 is 0 Å². The Morgan fingerprint density at radius 1 is 1.38 bits per heavy atom. The Bertz CT molecular complexity index is 190. The Balaban J connectivity index is 1.70. The Morgan fingerprint density at radius 2 is 2.15 bits per heavy atom. The molecule has 0 saturated heterocycles. The second-order valence-electron chi connectivity index (χ2n) is 5.33. The molecule has 0 heterocycles. The van der Waals surface area contributed by atoms with Crippen molar-refractivity contribution in [3.8, 4) is 0 Å². The minimum absolute atomic E-state index is 0.740. The van der Waals surface area contributed by atoms with Crippen molar-refractivity contribution >= 4 is 0 Å². The van der Waals surface area contributed by atoms with Gasteiger partial charge in [-0.05, 0) is 43.1 Å². The number of nitrogens with one attached hydrogen (secondary N) is 1. The molecule has 0 amide bonds. The Morgan fingerprint density at radius 3 is 2.69 bits per heavy atom. The summed E-state index contributed by atoms with van der Waals surface area (Å²) in [6.45, 7) is 8.19. The lowest BCUT2D eigenvalue weighted by molar-refractivity contribution is 0.415. The van der Waals surface area contributed by atoms with Gasteiger partial charge in [-0.1, -0.05) is 27.2 Å². The Hall–Kier alpha value is -0.0400. The first kappa shape index (κ1) is 9.51. The van der Waals surface area contributed by atoms with E-state index < -0.39 is 0 Å². The van der Waals surface area contributed by atoms with E-state index in [1.165, 1.54) is 25.7 Å². The van der Waals surface area contributed by atoms with Crippen LogP contribution in [0.2, 0.25) is 0 Å². The summed E-state index contributed by atoms with van der Waals surface area (Å²) in [4.78, 5) is 0. The SMILES string of the molecule is CCNC1C[C@H]1CC1(C)CC1CC. The average molecular weight is 181 g/mol. The molecule has 0 spiro atoms. The molecule has 2 aliphatic carbocycles. The van der Waals surface area contributed by atoms with Gasteiger partial charge in [0, 0.05) is 6.04 Å². The first-order chi connectivity index (χ1) is 6.19. The first-order valence-corrected chi connectivity index (χ1v) is 5.93. The quantitative estimate of drug-likeness (QED) is 0.687. The highest BCUT2D eigenvalue weighted by molar-refractivity contribution is 5.04. The van der Waals surface area contributed by atoms with Gasteiger partial charge in [0.05, 0.1) is 0 Å². The van der Waals surface area contributed by atoms with Crippen molar-refractivity contribution in [3.63, 3.8) is 0 Å². The molecule has 2 aliphatic rings. The first-order valence-electron chi connectivity index (χ1n) is 5.93. The largest absolute Gasteiger partial charge is 0.314 e. The van der Waals surface area contributed by atoms with Crippen LogP contribution < -0.4 is 5.32 Å². The van der Waals surface area contributed by atoms with Gasteiger partial charge < -0.3 is 5.32 Å². The molecule has 0 aromatic rings. The standard InChI is InChI=1S/C12H23N/c1-4-10-8-12(10,3)7-9-6-11(9)13-5-2/h9-11,13H,4-8H2,1-3H3/t9-,10?,11?,12?/m0/s1. The third-order valence-electron chi connectivity index (χ3n) is 4.15. The van der Waals surface area contributed by atoms with Gasteiger partial charge in [-0.2, -0.15) is 0 Å². The summed E-state index contributed by atoms with van der Waals surface area (Å²) in [5, 5.41) is 3.55. The summed E-state index contributed by atoms with van der Waals surface area (Å²) in [5.41, 5.74) is 0.740. The molecule has 0 radical (unpaired) electrons. The van der Waals surface area contributed by atoms with Gasteiger partial charge >= 0.3 is 0 Å². The molecule has 1 nitrogen and oxygen atoms in total. The van der Waals surface area contributed by atoms with Crippen LogP contribution in [-0.4, -0.2) is 12.6 Å². The van der Waals surface area contributed by atoms with Crippen LogP contribution in [0.5, 0.6) is 0 Å². The Labute approximate surface area is 82.3 Å². The zero-order valence-corrected chi connectivity index (χ0v) is 9.27. The summed E-state index contributed by atoms with van der Waals surface area (Å²) in [6, 6.07) is 0.875. The predicted molar refractivity (Wildman–Crippen MR) is 56.7 cm³/mol. The fourth-order valence-corrected chi connectivity index (χ4v) is 2.98. The van der Waals surface area contributed by atoms with Crippen LogP contribution >= 0.6 is 0 Å². The zero-order valence-electron chi connectivity index (χ0n) is 9.27. The van der Waals surface area contributed by atoms with E-state index in [0.717, 1.165) is 29.8 Å². The van der Waals surface area contributed by atoms with Crippen molar-refractivity contribution in [1.82, 2.24) is 5.32 Å². The molecule has 1 N–H and O–H groups in total. The normalized spacial score (nSPS) is 47.8. The van der Waals surface area contributed by atoms with E-state index in [9.17, 15) is 0 Å². The number of hydrogen-bond acceptors (Lipinski definition) is 1. The lowest BCUT2D eigenvalue weighted by atomic mass is 9.97. The smallest absolute Gasteiger partial charge is 0.00992 e. The summed E-state index contributed by atoms with van der Waals surface area (Å²) >= 11 is 0. The van der Waals surface area contributed by atoms with Crippen LogP contribution in [0.15, 0.2) is 0 Å². The lowest BCUT2D eigenvalue weighted by Gasteiger charge is -2.09. The van der Waals surface area contributed by atoms with Crippen LogP contribution in [0.25, 0.3) is 0 Å². The van der Waals surface area contributed by atoms with E-state index >= 15 is 0 Å². The molecule has 3 unspecified atom stereocenters. The molecule has 2 fully saturated rings. The second-order valence-corrected chi connectivity index (χ2v) is 5.33. The van der Waals surface area contributed by atoms with Crippen molar-refractivity contribution in [2.24, 2.45) is 17.3 Å². The number of rotatable bonds is 5. The second kappa shape index (κ2) is 3.27. The molecule has 4 atom stereocenters. The maximum Gasteiger partial charge on any atom is 0.00992 e.